The van der Waals surface area contributed by atoms with E-state index in [4.69, 9.17) is 16.3 Å². The third-order valence-electron chi connectivity index (χ3n) is 5.55. The Morgan fingerprint density at radius 3 is 2.73 bits per heavy atom. The normalized spacial score (nSPS) is 18.6. The average Bonchev–Trinajstić information content (AvgIpc) is 3.16. The van der Waals surface area contributed by atoms with Crippen LogP contribution in [-0.4, -0.2) is 44.7 Å². The summed E-state index contributed by atoms with van der Waals surface area (Å²) >= 11 is 6.19. The third-order valence-corrected chi connectivity index (χ3v) is 5.81. The van der Waals surface area contributed by atoms with Crippen LogP contribution in [-0.2, 0) is 10.3 Å². The van der Waals surface area contributed by atoms with Crippen molar-refractivity contribution in [1.82, 2.24) is 25.1 Å². The first-order chi connectivity index (χ1) is 15.6. The summed E-state index contributed by atoms with van der Waals surface area (Å²) in [6.45, 7) is 5.68. The van der Waals surface area contributed by atoms with Gasteiger partial charge in [-0.15, -0.1) is 0 Å². The van der Waals surface area contributed by atoms with Crippen molar-refractivity contribution < 1.29 is 18.3 Å². The molecule has 0 aromatic carbocycles. The second-order valence-corrected chi connectivity index (χ2v) is 8.96. The third kappa shape index (κ3) is 6.28. The zero-order valence-corrected chi connectivity index (χ0v) is 19.4. The molecule has 1 aliphatic rings. The van der Waals surface area contributed by atoms with Gasteiger partial charge in [-0.05, 0) is 52.4 Å². The largest absolute Gasteiger partial charge is 0.476 e. The van der Waals surface area contributed by atoms with Gasteiger partial charge in [0.1, 0.15) is 10.6 Å². The molecule has 0 radical (unpaired) electrons. The van der Waals surface area contributed by atoms with Crippen LogP contribution >= 0.6 is 11.6 Å². The molecule has 2 aromatic heterocycles. The molecule has 0 saturated heterocycles. The predicted octanol–water partition coefficient (Wildman–Crippen LogP) is 3.96. The van der Waals surface area contributed by atoms with Crippen LogP contribution in [0.15, 0.2) is 12.4 Å². The fourth-order valence-electron chi connectivity index (χ4n) is 3.49. The number of aromatic nitrogens is 4. The molecule has 2 heterocycles. The average molecular weight is 482 g/mol. The molecule has 0 atom stereocenters. The van der Waals surface area contributed by atoms with Crippen LogP contribution in [0.5, 0.6) is 5.88 Å². The molecule has 1 amide bonds. The first kappa shape index (κ1) is 24.6. The van der Waals surface area contributed by atoms with Crippen LogP contribution < -0.4 is 15.4 Å². The van der Waals surface area contributed by atoms with E-state index in [-0.39, 0.29) is 28.8 Å². The molecule has 1 saturated carbocycles. The Kier molecular flexibility index (Phi) is 7.68. The maximum absolute atomic E-state index is 12.4. The molecule has 9 nitrogen and oxygen atoms in total. The maximum Gasteiger partial charge on any atom is 0.315 e. The molecule has 2 aromatic rings. The molecule has 1 aliphatic carbocycles. The van der Waals surface area contributed by atoms with E-state index in [1.165, 1.54) is 6.20 Å². The van der Waals surface area contributed by atoms with Crippen molar-refractivity contribution in [2.45, 2.75) is 64.5 Å². The zero-order chi connectivity index (χ0) is 24.2. The van der Waals surface area contributed by atoms with Crippen LogP contribution in [0.25, 0.3) is 0 Å². The number of aryl methyl sites for hydroxylation is 1. The van der Waals surface area contributed by atoms with Gasteiger partial charge in [-0.3, -0.25) is 9.48 Å². The lowest BCUT2D eigenvalue weighted by atomic mass is 9.86. The monoisotopic (exact) mass is 481 g/mol. The van der Waals surface area contributed by atoms with Gasteiger partial charge in [0.15, 0.2) is 0 Å². The predicted molar refractivity (Wildman–Crippen MR) is 118 cm³/mol. The molecule has 3 rings (SSSR count). The van der Waals surface area contributed by atoms with Gasteiger partial charge in [-0.25, -0.2) is 4.98 Å². The summed E-state index contributed by atoms with van der Waals surface area (Å²) in [4.78, 5) is 19.7. The second-order valence-electron chi connectivity index (χ2n) is 8.55. The van der Waals surface area contributed by atoms with E-state index < -0.39 is 17.9 Å². The van der Waals surface area contributed by atoms with Crippen molar-refractivity contribution in [1.29, 1.82) is 5.26 Å². The number of anilines is 2. The van der Waals surface area contributed by atoms with E-state index in [1.54, 1.807) is 31.6 Å². The summed E-state index contributed by atoms with van der Waals surface area (Å²) in [6.07, 6.45) is 2.83. The summed E-state index contributed by atoms with van der Waals surface area (Å²) in [5.74, 6) is -0.532. The Bertz CT molecular complexity index is 1030. The van der Waals surface area contributed by atoms with Gasteiger partial charge in [0.25, 0.3) is 5.91 Å². The SMILES string of the molecule is Cc1nn(C(C)(C)C#N)cc1Nc1ncc(Cl)c(OC[C@H]2CC[C@H](NC(=O)C(F)F)CC2)n1. The molecular weight excluding hydrogens is 456 g/mol. The molecule has 178 valence electrons. The number of ether oxygens (including phenoxy) is 1. The number of nitrogens with zero attached hydrogens (tertiary/aromatic N) is 5. The number of carbonyl (C=O) groups excluding carboxylic acids is 1. The number of halogens is 3. The molecule has 2 N–H and O–H groups in total. The number of rotatable bonds is 8. The van der Waals surface area contributed by atoms with Crippen molar-refractivity contribution in [2.24, 2.45) is 5.92 Å². The van der Waals surface area contributed by atoms with Crippen molar-refractivity contribution in [2.75, 3.05) is 11.9 Å². The summed E-state index contributed by atoms with van der Waals surface area (Å²) in [7, 11) is 0. The Balaban J connectivity index is 1.57. The van der Waals surface area contributed by atoms with Gasteiger partial charge in [-0.2, -0.15) is 24.1 Å². The van der Waals surface area contributed by atoms with Gasteiger partial charge >= 0.3 is 6.43 Å². The fraction of sp³-hybridized carbons (Fsp3) is 0.571. The lowest BCUT2D eigenvalue weighted by molar-refractivity contribution is -0.132. The van der Waals surface area contributed by atoms with Gasteiger partial charge < -0.3 is 15.4 Å². The van der Waals surface area contributed by atoms with E-state index in [0.717, 1.165) is 12.8 Å². The zero-order valence-electron chi connectivity index (χ0n) is 18.6. The lowest BCUT2D eigenvalue weighted by Gasteiger charge is -2.28. The number of alkyl halides is 2. The smallest absolute Gasteiger partial charge is 0.315 e. The Morgan fingerprint density at radius 1 is 1.39 bits per heavy atom. The first-order valence-electron chi connectivity index (χ1n) is 10.6. The lowest BCUT2D eigenvalue weighted by Crippen LogP contribution is -2.41. The first-order valence-corrected chi connectivity index (χ1v) is 11.0. The topological polar surface area (TPSA) is 118 Å². The molecule has 0 spiro atoms. The van der Waals surface area contributed by atoms with Crippen molar-refractivity contribution in [3.8, 4) is 11.9 Å². The summed E-state index contributed by atoms with van der Waals surface area (Å²) in [5.41, 5.74) is 0.520. The summed E-state index contributed by atoms with van der Waals surface area (Å²) < 4.78 is 32.2. The van der Waals surface area contributed by atoms with Gasteiger partial charge in [0.2, 0.25) is 11.8 Å². The van der Waals surface area contributed by atoms with Crippen LogP contribution in [0.1, 0.15) is 45.2 Å². The molecule has 0 bridgehead atoms. The van der Waals surface area contributed by atoms with Crippen molar-refractivity contribution >= 4 is 29.1 Å². The van der Waals surface area contributed by atoms with Crippen molar-refractivity contribution in [3.05, 3.63) is 23.1 Å². The van der Waals surface area contributed by atoms with Crippen LogP contribution in [0.2, 0.25) is 5.02 Å². The highest BCUT2D eigenvalue weighted by Gasteiger charge is 2.26. The molecule has 1 fully saturated rings. The highest BCUT2D eigenvalue weighted by atomic mass is 35.5. The van der Waals surface area contributed by atoms with Crippen molar-refractivity contribution in [3.63, 3.8) is 0 Å². The summed E-state index contributed by atoms with van der Waals surface area (Å²) in [6, 6.07) is 1.95. The number of nitriles is 1. The van der Waals surface area contributed by atoms with Crippen LogP contribution in [0.4, 0.5) is 20.4 Å². The second kappa shape index (κ2) is 10.3. The highest BCUT2D eigenvalue weighted by Crippen LogP contribution is 2.29. The van der Waals surface area contributed by atoms with E-state index in [9.17, 15) is 18.8 Å². The minimum absolute atomic E-state index is 0.195. The van der Waals surface area contributed by atoms with Gasteiger partial charge in [0.05, 0.1) is 36.5 Å². The van der Waals surface area contributed by atoms with Gasteiger partial charge in [-0.1, -0.05) is 11.6 Å². The van der Waals surface area contributed by atoms with Crippen LogP contribution in [0, 0.1) is 24.2 Å². The Morgan fingerprint density at radius 2 is 2.09 bits per heavy atom. The Labute approximate surface area is 195 Å². The molecule has 0 aliphatic heterocycles. The molecule has 12 heteroatoms. The number of carbonyl (C=O) groups is 1. The van der Waals surface area contributed by atoms with E-state index in [2.05, 4.69) is 31.8 Å². The number of nitrogens with one attached hydrogen (secondary N) is 2. The minimum Gasteiger partial charge on any atom is -0.476 e. The fourth-order valence-corrected chi connectivity index (χ4v) is 3.63. The standard InChI is InChI=1S/C21H26ClF2N7O2/c1-12-16(9-31(30-12)21(2,3)11-25)28-20-26-8-15(22)19(29-20)33-10-13-4-6-14(7-5-13)27-18(32)17(23)24/h8-9,13-14,17H,4-7,10H2,1-3H3,(H,27,32)(H,26,28,29)/t13-,14-. The number of hydrogen-bond acceptors (Lipinski definition) is 7. The Hall–Kier alpha value is -3.00. The summed E-state index contributed by atoms with van der Waals surface area (Å²) in [5, 5.41) is 19.4. The quantitative estimate of drug-likeness (QED) is 0.586. The minimum atomic E-state index is -3.00. The number of amides is 1. The molecule has 33 heavy (non-hydrogen) atoms. The van der Waals surface area contributed by atoms with Crippen LogP contribution in [0.3, 0.4) is 0 Å². The maximum atomic E-state index is 12.4. The number of hydrogen-bond donors (Lipinski definition) is 2. The van der Waals surface area contributed by atoms with E-state index in [1.807, 2.05) is 0 Å². The molecule has 0 unspecified atom stereocenters. The highest BCUT2D eigenvalue weighted by molar-refractivity contribution is 6.31. The van der Waals surface area contributed by atoms with E-state index in [0.29, 0.717) is 30.8 Å². The van der Waals surface area contributed by atoms with Gasteiger partial charge in [0, 0.05) is 6.04 Å². The molecular formula is C21H26ClF2N7O2. The van der Waals surface area contributed by atoms with E-state index >= 15 is 0 Å².